The molecule has 0 atom stereocenters. The highest BCUT2D eigenvalue weighted by Gasteiger charge is 2.24. The van der Waals surface area contributed by atoms with Gasteiger partial charge >= 0.3 is 0 Å². The Morgan fingerprint density at radius 2 is 1.65 bits per heavy atom. The van der Waals surface area contributed by atoms with Crippen LogP contribution in [0.3, 0.4) is 0 Å². The van der Waals surface area contributed by atoms with Gasteiger partial charge in [-0.15, -0.1) is 0 Å². The summed E-state index contributed by atoms with van der Waals surface area (Å²) < 4.78 is 0. The zero-order valence-corrected chi connectivity index (χ0v) is 13.5. The number of hydrogen-bond donors (Lipinski definition) is 2. The third kappa shape index (κ3) is 4.07. The molecule has 0 fully saturated rings. The van der Waals surface area contributed by atoms with Crippen LogP contribution in [-0.4, -0.2) is 29.6 Å². The van der Waals surface area contributed by atoms with Crippen molar-refractivity contribution in [2.45, 2.75) is 52.4 Å². The van der Waals surface area contributed by atoms with Gasteiger partial charge in [-0.1, -0.05) is 47.6 Å². The van der Waals surface area contributed by atoms with Crippen LogP contribution in [0.25, 0.3) is 0 Å². The Balaban J connectivity index is 3.44. The number of rotatable bonds is 3. The van der Waals surface area contributed by atoms with E-state index in [4.69, 9.17) is 5.11 Å². The van der Waals surface area contributed by atoms with Gasteiger partial charge in [-0.05, 0) is 28.0 Å². The van der Waals surface area contributed by atoms with E-state index in [-0.39, 0.29) is 23.2 Å². The SMILES string of the molecule is CC(C)(C)c1cc(O)c(C=NCCO)c(C(C)(C)C)c1. The molecule has 0 heterocycles. The van der Waals surface area contributed by atoms with Crippen LogP contribution in [0.2, 0.25) is 0 Å². The van der Waals surface area contributed by atoms with Crippen LogP contribution in [0.1, 0.15) is 58.2 Å². The number of aliphatic hydroxyl groups excluding tert-OH is 1. The van der Waals surface area contributed by atoms with E-state index < -0.39 is 0 Å². The summed E-state index contributed by atoms with van der Waals surface area (Å²) >= 11 is 0. The fourth-order valence-corrected chi connectivity index (χ4v) is 2.04. The van der Waals surface area contributed by atoms with Gasteiger partial charge in [-0.3, -0.25) is 4.99 Å². The second-order valence-electron chi connectivity index (χ2n) is 7.22. The smallest absolute Gasteiger partial charge is 0.124 e. The first kappa shape index (κ1) is 16.7. The van der Waals surface area contributed by atoms with E-state index in [0.717, 1.165) is 16.7 Å². The third-order valence-corrected chi connectivity index (χ3v) is 3.28. The molecule has 3 heteroatoms. The molecular weight excluding hydrogens is 250 g/mol. The van der Waals surface area contributed by atoms with Gasteiger partial charge in [0.05, 0.1) is 13.2 Å². The maximum Gasteiger partial charge on any atom is 0.124 e. The van der Waals surface area contributed by atoms with Gasteiger partial charge in [0.25, 0.3) is 0 Å². The van der Waals surface area contributed by atoms with E-state index in [1.54, 1.807) is 6.21 Å². The van der Waals surface area contributed by atoms with Crippen LogP contribution in [-0.2, 0) is 10.8 Å². The van der Waals surface area contributed by atoms with E-state index >= 15 is 0 Å². The number of nitrogens with zero attached hydrogens (tertiary/aromatic N) is 1. The van der Waals surface area contributed by atoms with Crippen molar-refractivity contribution in [3.8, 4) is 5.75 Å². The van der Waals surface area contributed by atoms with Crippen molar-refractivity contribution in [3.63, 3.8) is 0 Å². The molecule has 0 aliphatic rings. The Morgan fingerprint density at radius 1 is 1.05 bits per heavy atom. The minimum absolute atomic E-state index is 0.0156. The lowest BCUT2D eigenvalue weighted by Gasteiger charge is -2.27. The van der Waals surface area contributed by atoms with E-state index in [1.807, 2.05) is 6.07 Å². The number of phenolic OH excluding ortho intramolecular Hbond substituents is 1. The number of phenols is 1. The Kier molecular flexibility index (Phi) is 4.98. The van der Waals surface area contributed by atoms with Crippen LogP contribution in [0.4, 0.5) is 0 Å². The number of aliphatic hydroxyl groups is 1. The van der Waals surface area contributed by atoms with E-state index in [0.29, 0.717) is 6.54 Å². The fraction of sp³-hybridized carbons (Fsp3) is 0.588. The molecule has 1 aromatic carbocycles. The highest BCUT2D eigenvalue weighted by atomic mass is 16.3. The second-order valence-corrected chi connectivity index (χ2v) is 7.22. The number of hydrogen-bond acceptors (Lipinski definition) is 3. The lowest BCUT2D eigenvalue weighted by molar-refractivity contribution is 0.307. The van der Waals surface area contributed by atoms with E-state index in [1.165, 1.54) is 0 Å². The largest absolute Gasteiger partial charge is 0.507 e. The molecule has 0 unspecified atom stereocenters. The molecule has 0 saturated carbocycles. The summed E-state index contributed by atoms with van der Waals surface area (Å²) in [6.45, 7) is 13.1. The molecule has 0 aliphatic carbocycles. The van der Waals surface area contributed by atoms with Gasteiger partial charge in [-0.2, -0.15) is 0 Å². The summed E-state index contributed by atoms with van der Waals surface area (Å²) in [6, 6.07) is 3.97. The van der Waals surface area contributed by atoms with Gasteiger partial charge in [0.15, 0.2) is 0 Å². The van der Waals surface area contributed by atoms with Gasteiger partial charge in [-0.25, -0.2) is 0 Å². The van der Waals surface area contributed by atoms with Crippen molar-refractivity contribution in [1.82, 2.24) is 0 Å². The molecule has 20 heavy (non-hydrogen) atoms. The molecule has 1 rings (SSSR count). The molecule has 0 aromatic heterocycles. The lowest BCUT2D eigenvalue weighted by Crippen LogP contribution is -2.18. The molecule has 2 N–H and O–H groups in total. The quantitative estimate of drug-likeness (QED) is 0.832. The Morgan fingerprint density at radius 3 is 2.10 bits per heavy atom. The topological polar surface area (TPSA) is 52.8 Å². The van der Waals surface area contributed by atoms with Crippen molar-refractivity contribution < 1.29 is 10.2 Å². The Bertz CT molecular complexity index is 491. The van der Waals surface area contributed by atoms with E-state index in [2.05, 4.69) is 52.6 Å². The van der Waals surface area contributed by atoms with Gasteiger partial charge in [0, 0.05) is 11.8 Å². The summed E-state index contributed by atoms with van der Waals surface area (Å²) in [5, 5.41) is 19.2. The number of aromatic hydroxyl groups is 1. The summed E-state index contributed by atoms with van der Waals surface area (Å²) in [6.07, 6.45) is 1.67. The first-order valence-corrected chi connectivity index (χ1v) is 7.06. The Labute approximate surface area is 122 Å². The predicted molar refractivity (Wildman–Crippen MR) is 85.1 cm³/mol. The molecule has 112 valence electrons. The molecule has 0 bridgehead atoms. The van der Waals surface area contributed by atoms with Gasteiger partial charge in [0.2, 0.25) is 0 Å². The van der Waals surface area contributed by atoms with Crippen LogP contribution in [0.5, 0.6) is 5.75 Å². The zero-order chi connectivity index (χ0) is 15.6. The molecular formula is C17H27NO2. The first-order chi connectivity index (χ1) is 9.07. The van der Waals surface area contributed by atoms with Crippen molar-refractivity contribution in [1.29, 1.82) is 0 Å². The molecule has 0 amide bonds. The van der Waals surface area contributed by atoms with Crippen LogP contribution in [0.15, 0.2) is 17.1 Å². The van der Waals surface area contributed by atoms with Crippen LogP contribution in [0, 0.1) is 0 Å². The van der Waals surface area contributed by atoms with Crippen molar-refractivity contribution in [2.75, 3.05) is 13.2 Å². The molecule has 0 radical (unpaired) electrons. The van der Waals surface area contributed by atoms with Gasteiger partial charge < -0.3 is 10.2 Å². The standard InChI is InChI=1S/C17H27NO2/c1-16(2,3)12-9-14(17(4,5)6)13(15(20)10-12)11-18-7-8-19/h9-11,19-20H,7-8H2,1-6H3. The highest BCUT2D eigenvalue weighted by Crippen LogP contribution is 2.35. The van der Waals surface area contributed by atoms with Crippen molar-refractivity contribution in [2.24, 2.45) is 4.99 Å². The highest BCUT2D eigenvalue weighted by molar-refractivity contribution is 5.86. The molecule has 1 aromatic rings. The summed E-state index contributed by atoms with van der Waals surface area (Å²) in [5.74, 6) is 0.254. The minimum atomic E-state index is -0.0840. The average Bonchev–Trinajstić information content (AvgIpc) is 2.28. The first-order valence-electron chi connectivity index (χ1n) is 7.06. The maximum atomic E-state index is 10.3. The maximum absolute atomic E-state index is 10.3. The van der Waals surface area contributed by atoms with Crippen molar-refractivity contribution >= 4 is 6.21 Å². The third-order valence-electron chi connectivity index (χ3n) is 3.28. The summed E-state index contributed by atoms with van der Waals surface area (Å²) in [7, 11) is 0. The zero-order valence-electron chi connectivity index (χ0n) is 13.5. The monoisotopic (exact) mass is 277 g/mol. The van der Waals surface area contributed by atoms with Crippen LogP contribution >= 0.6 is 0 Å². The second kappa shape index (κ2) is 5.96. The minimum Gasteiger partial charge on any atom is -0.507 e. The normalized spacial score (nSPS) is 13.2. The molecule has 3 nitrogen and oxygen atoms in total. The number of benzene rings is 1. The fourth-order valence-electron chi connectivity index (χ4n) is 2.04. The average molecular weight is 277 g/mol. The number of aliphatic imine (C=N–C) groups is 1. The van der Waals surface area contributed by atoms with Crippen molar-refractivity contribution in [3.05, 3.63) is 28.8 Å². The van der Waals surface area contributed by atoms with E-state index in [9.17, 15) is 5.11 Å². The summed E-state index contributed by atoms with van der Waals surface area (Å²) in [5.41, 5.74) is 2.83. The van der Waals surface area contributed by atoms with Gasteiger partial charge in [0.1, 0.15) is 5.75 Å². The Hall–Kier alpha value is -1.35. The molecule has 0 saturated heterocycles. The molecule has 0 aliphatic heterocycles. The summed E-state index contributed by atoms with van der Waals surface area (Å²) in [4.78, 5) is 4.15. The molecule has 0 spiro atoms. The predicted octanol–water partition coefficient (Wildman–Crippen LogP) is 3.40. The lowest BCUT2D eigenvalue weighted by atomic mass is 9.78. The van der Waals surface area contributed by atoms with Crippen LogP contribution < -0.4 is 0 Å².